The first-order chi connectivity index (χ1) is 13.0. The van der Waals surface area contributed by atoms with Crippen LogP contribution in [0.4, 0.5) is 0 Å². The standard InChI is InChI=1S/C24H18O3/c1-13-14(2)24(25)27-23-15(3)22-20(11-19(13)23)21(12-26-22)18-9-8-16-6-4-5-7-17(16)10-18/h4-12H,1-3H3. The van der Waals surface area contributed by atoms with Crippen molar-refractivity contribution in [3.63, 3.8) is 0 Å². The normalized spacial score (nSPS) is 11.7. The van der Waals surface area contributed by atoms with E-state index in [4.69, 9.17) is 8.83 Å². The lowest BCUT2D eigenvalue weighted by Gasteiger charge is -2.08. The van der Waals surface area contributed by atoms with Gasteiger partial charge in [0.2, 0.25) is 0 Å². The van der Waals surface area contributed by atoms with Gasteiger partial charge in [0.15, 0.2) is 0 Å². The molecule has 0 bridgehead atoms. The maximum atomic E-state index is 12.1. The van der Waals surface area contributed by atoms with Crippen molar-refractivity contribution in [3.8, 4) is 11.1 Å². The van der Waals surface area contributed by atoms with Gasteiger partial charge >= 0.3 is 5.63 Å². The lowest BCUT2D eigenvalue weighted by molar-refractivity contribution is 0.549. The zero-order valence-corrected chi connectivity index (χ0v) is 15.4. The molecular weight excluding hydrogens is 336 g/mol. The Morgan fingerprint density at radius 2 is 1.52 bits per heavy atom. The second-order valence-electron chi connectivity index (χ2n) is 7.11. The molecule has 5 aromatic rings. The number of hydrogen-bond acceptors (Lipinski definition) is 3. The van der Waals surface area contributed by atoms with Crippen molar-refractivity contribution in [3.05, 3.63) is 81.9 Å². The van der Waals surface area contributed by atoms with Crippen molar-refractivity contribution in [2.24, 2.45) is 0 Å². The van der Waals surface area contributed by atoms with Crippen LogP contribution in [-0.2, 0) is 0 Å². The molecular formula is C24H18O3. The largest absolute Gasteiger partial charge is 0.463 e. The lowest BCUT2D eigenvalue weighted by atomic mass is 9.97. The molecule has 0 aliphatic heterocycles. The van der Waals surface area contributed by atoms with Gasteiger partial charge in [0, 0.05) is 27.5 Å². The number of rotatable bonds is 1. The molecule has 0 N–H and O–H groups in total. The van der Waals surface area contributed by atoms with Gasteiger partial charge in [0.25, 0.3) is 0 Å². The van der Waals surface area contributed by atoms with Crippen LogP contribution in [0.2, 0.25) is 0 Å². The van der Waals surface area contributed by atoms with Crippen molar-refractivity contribution >= 4 is 32.7 Å². The van der Waals surface area contributed by atoms with E-state index < -0.39 is 0 Å². The van der Waals surface area contributed by atoms with Gasteiger partial charge in [-0.05, 0) is 54.8 Å². The predicted octanol–water partition coefficient (Wildman–Crippen LogP) is 6.28. The molecule has 0 saturated carbocycles. The van der Waals surface area contributed by atoms with Crippen LogP contribution in [0.15, 0.2) is 68.4 Å². The molecule has 3 nitrogen and oxygen atoms in total. The predicted molar refractivity (Wildman–Crippen MR) is 109 cm³/mol. The van der Waals surface area contributed by atoms with E-state index >= 15 is 0 Å². The van der Waals surface area contributed by atoms with Gasteiger partial charge in [0.1, 0.15) is 11.2 Å². The molecule has 3 aromatic carbocycles. The monoisotopic (exact) mass is 354 g/mol. The van der Waals surface area contributed by atoms with E-state index in [1.165, 1.54) is 10.8 Å². The number of benzene rings is 3. The molecule has 2 heterocycles. The quantitative estimate of drug-likeness (QED) is 0.332. The number of hydrogen-bond donors (Lipinski definition) is 0. The van der Waals surface area contributed by atoms with Crippen molar-refractivity contribution in [2.45, 2.75) is 20.8 Å². The highest BCUT2D eigenvalue weighted by molar-refractivity contribution is 6.05. The Hall–Kier alpha value is -3.33. The topological polar surface area (TPSA) is 43.4 Å². The van der Waals surface area contributed by atoms with Gasteiger partial charge in [-0.2, -0.15) is 0 Å². The van der Waals surface area contributed by atoms with Gasteiger partial charge in [-0.25, -0.2) is 4.79 Å². The fraction of sp³-hybridized carbons (Fsp3) is 0.125. The molecule has 0 fully saturated rings. The summed E-state index contributed by atoms with van der Waals surface area (Å²) in [4.78, 5) is 12.1. The Kier molecular flexibility index (Phi) is 3.28. The van der Waals surface area contributed by atoms with Crippen LogP contribution >= 0.6 is 0 Å². The first-order valence-corrected chi connectivity index (χ1v) is 8.98. The summed E-state index contributed by atoms with van der Waals surface area (Å²) < 4.78 is 11.5. The van der Waals surface area contributed by atoms with Gasteiger partial charge in [-0.15, -0.1) is 0 Å². The first kappa shape index (κ1) is 15.9. The maximum Gasteiger partial charge on any atom is 0.339 e. The van der Waals surface area contributed by atoms with E-state index in [2.05, 4.69) is 36.4 Å². The molecule has 5 rings (SSSR count). The van der Waals surface area contributed by atoms with Crippen LogP contribution in [0.5, 0.6) is 0 Å². The summed E-state index contributed by atoms with van der Waals surface area (Å²) in [6, 6.07) is 16.8. The third-order valence-electron chi connectivity index (χ3n) is 5.57. The van der Waals surface area contributed by atoms with Crippen LogP contribution < -0.4 is 5.63 Å². The summed E-state index contributed by atoms with van der Waals surface area (Å²) in [5, 5.41) is 4.40. The van der Waals surface area contributed by atoms with E-state index in [0.717, 1.165) is 38.6 Å². The van der Waals surface area contributed by atoms with E-state index in [9.17, 15) is 4.79 Å². The maximum absolute atomic E-state index is 12.1. The molecule has 0 amide bonds. The summed E-state index contributed by atoms with van der Waals surface area (Å²) >= 11 is 0. The molecule has 27 heavy (non-hydrogen) atoms. The zero-order chi connectivity index (χ0) is 18.7. The average molecular weight is 354 g/mol. The van der Waals surface area contributed by atoms with Gasteiger partial charge in [0.05, 0.1) is 6.26 Å². The Labute approximate surface area is 155 Å². The molecule has 0 aliphatic carbocycles. The van der Waals surface area contributed by atoms with E-state index in [1.807, 2.05) is 26.0 Å². The number of aryl methyl sites for hydroxylation is 2. The molecule has 3 heteroatoms. The van der Waals surface area contributed by atoms with Crippen LogP contribution in [0, 0.1) is 20.8 Å². The summed E-state index contributed by atoms with van der Waals surface area (Å²) in [5.41, 5.74) is 5.70. The van der Waals surface area contributed by atoms with Crippen LogP contribution in [0.25, 0.3) is 43.8 Å². The molecule has 132 valence electrons. The van der Waals surface area contributed by atoms with Crippen molar-refractivity contribution < 1.29 is 8.83 Å². The summed E-state index contributed by atoms with van der Waals surface area (Å²) in [7, 11) is 0. The minimum atomic E-state index is -0.288. The van der Waals surface area contributed by atoms with Gasteiger partial charge < -0.3 is 8.83 Å². The Bertz CT molecular complexity index is 1420. The fourth-order valence-corrected chi connectivity index (χ4v) is 3.83. The highest BCUT2D eigenvalue weighted by Crippen LogP contribution is 2.37. The van der Waals surface area contributed by atoms with Crippen molar-refractivity contribution in [2.75, 3.05) is 0 Å². The van der Waals surface area contributed by atoms with E-state index in [1.54, 1.807) is 13.2 Å². The van der Waals surface area contributed by atoms with E-state index in [0.29, 0.717) is 11.1 Å². The molecule has 0 unspecified atom stereocenters. The van der Waals surface area contributed by atoms with Crippen molar-refractivity contribution in [1.29, 1.82) is 0 Å². The third kappa shape index (κ3) is 2.25. The summed E-state index contributed by atoms with van der Waals surface area (Å²) in [5.74, 6) is 0. The highest BCUT2D eigenvalue weighted by atomic mass is 16.4. The highest BCUT2D eigenvalue weighted by Gasteiger charge is 2.17. The first-order valence-electron chi connectivity index (χ1n) is 8.98. The number of fused-ring (bicyclic) bond motifs is 3. The van der Waals surface area contributed by atoms with Crippen molar-refractivity contribution in [1.82, 2.24) is 0 Å². The summed E-state index contributed by atoms with van der Waals surface area (Å²) in [6.07, 6.45) is 1.79. The van der Waals surface area contributed by atoms with Crippen LogP contribution in [0.3, 0.4) is 0 Å². The molecule has 2 aromatic heterocycles. The number of furan rings is 1. The molecule has 0 radical (unpaired) electrons. The van der Waals surface area contributed by atoms with Gasteiger partial charge in [-0.1, -0.05) is 36.4 Å². The summed E-state index contributed by atoms with van der Waals surface area (Å²) in [6.45, 7) is 5.71. The molecule has 0 aliphatic rings. The average Bonchev–Trinajstić information content (AvgIpc) is 3.11. The Morgan fingerprint density at radius 3 is 2.33 bits per heavy atom. The smallest absolute Gasteiger partial charge is 0.339 e. The second-order valence-corrected chi connectivity index (χ2v) is 7.11. The molecule has 0 spiro atoms. The molecule has 0 atom stereocenters. The fourth-order valence-electron chi connectivity index (χ4n) is 3.83. The van der Waals surface area contributed by atoms with Crippen LogP contribution in [0.1, 0.15) is 16.7 Å². The minimum Gasteiger partial charge on any atom is -0.463 e. The zero-order valence-electron chi connectivity index (χ0n) is 15.4. The SMILES string of the molecule is Cc1c(C)c2cc3c(-c4ccc5ccccc5c4)coc3c(C)c2oc1=O. The second kappa shape index (κ2) is 5.58. The van der Waals surface area contributed by atoms with E-state index in [-0.39, 0.29) is 5.63 Å². The Morgan fingerprint density at radius 1 is 0.741 bits per heavy atom. The minimum absolute atomic E-state index is 0.288. The van der Waals surface area contributed by atoms with Crippen LogP contribution in [-0.4, -0.2) is 0 Å². The third-order valence-corrected chi connectivity index (χ3v) is 5.57. The molecule has 0 saturated heterocycles. The van der Waals surface area contributed by atoms with Gasteiger partial charge in [-0.3, -0.25) is 0 Å². The Balaban J connectivity index is 1.85. The lowest BCUT2D eigenvalue weighted by Crippen LogP contribution is -2.06.